The second-order valence-electron chi connectivity index (χ2n) is 5.88. The monoisotopic (exact) mass is 326 g/mol. The SMILES string of the molecule is CCc1ccc(C)[n+](CC(=O)Nc2sc3c(c2C#N)CCC3)c1. The van der Waals surface area contributed by atoms with Gasteiger partial charge in [-0.2, -0.15) is 9.83 Å². The lowest BCUT2D eigenvalue weighted by Gasteiger charge is -2.04. The molecule has 0 bridgehead atoms. The predicted molar refractivity (Wildman–Crippen MR) is 90.4 cm³/mol. The fourth-order valence-corrected chi connectivity index (χ4v) is 4.24. The first-order valence-corrected chi connectivity index (χ1v) is 8.77. The van der Waals surface area contributed by atoms with Crippen molar-refractivity contribution in [3.8, 4) is 6.07 Å². The van der Waals surface area contributed by atoms with Crippen LogP contribution < -0.4 is 9.88 Å². The van der Waals surface area contributed by atoms with Gasteiger partial charge in [0.2, 0.25) is 6.54 Å². The molecule has 2 aromatic rings. The Hall–Kier alpha value is -2.19. The van der Waals surface area contributed by atoms with E-state index in [1.54, 1.807) is 11.3 Å². The maximum atomic E-state index is 12.4. The molecule has 0 fully saturated rings. The number of nitrogens with one attached hydrogen (secondary N) is 1. The normalized spacial score (nSPS) is 12.7. The van der Waals surface area contributed by atoms with Crippen LogP contribution in [0, 0.1) is 18.3 Å². The molecule has 0 spiro atoms. The van der Waals surface area contributed by atoms with E-state index in [0.29, 0.717) is 10.6 Å². The molecule has 0 saturated heterocycles. The van der Waals surface area contributed by atoms with Crippen LogP contribution in [0.15, 0.2) is 18.3 Å². The Labute approximate surface area is 140 Å². The van der Waals surface area contributed by atoms with Crippen molar-refractivity contribution in [2.75, 3.05) is 5.32 Å². The van der Waals surface area contributed by atoms with Crippen molar-refractivity contribution in [3.63, 3.8) is 0 Å². The Morgan fingerprint density at radius 1 is 1.43 bits per heavy atom. The molecule has 5 heteroatoms. The average molecular weight is 326 g/mol. The second kappa shape index (κ2) is 6.51. The average Bonchev–Trinajstić information content (AvgIpc) is 3.09. The molecule has 0 atom stereocenters. The minimum Gasteiger partial charge on any atom is -0.311 e. The summed E-state index contributed by atoms with van der Waals surface area (Å²) in [6, 6.07) is 6.38. The van der Waals surface area contributed by atoms with E-state index < -0.39 is 0 Å². The van der Waals surface area contributed by atoms with Crippen LogP contribution in [0.25, 0.3) is 0 Å². The van der Waals surface area contributed by atoms with Gasteiger partial charge in [0.15, 0.2) is 11.9 Å². The Morgan fingerprint density at radius 2 is 2.26 bits per heavy atom. The molecule has 0 unspecified atom stereocenters. The van der Waals surface area contributed by atoms with Crippen molar-refractivity contribution in [2.45, 2.75) is 46.1 Å². The largest absolute Gasteiger partial charge is 0.311 e. The first-order chi connectivity index (χ1) is 11.1. The van der Waals surface area contributed by atoms with E-state index >= 15 is 0 Å². The number of pyridine rings is 1. The molecule has 3 rings (SSSR count). The summed E-state index contributed by atoms with van der Waals surface area (Å²) in [7, 11) is 0. The summed E-state index contributed by atoms with van der Waals surface area (Å²) in [5.41, 5.74) is 4.06. The highest BCUT2D eigenvalue weighted by molar-refractivity contribution is 7.16. The number of thiophene rings is 1. The number of nitriles is 1. The molecule has 2 heterocycles. The zero-order valence-electron chi connectivity index (χ0n) is 13.5. The molecule has 118 valence electrons. The van der Waals surface area contributed by atoms with Crippen molar-refractivity contribution < 1.29 is 9.36 Å². The molecular weight excluding hydrogens is 306 g/mol. The van der Waals surface area contributed by atoms with Crippen LogP contribution in [-0.2, 0) is 30.6 Å². The second-order valence-corrected chi connectivity index (χ2v) is 6.99. The Morgan fingerprint density at radius 3 is 3.00 bits per heavy atom. The minimum absolute atomic E-state index is 0.0808. The summed E-state index contributed by atoms with van der Waals surface area (Å²) in [6.07, 6.45) is 6.06. The smallest absolute Gasteiger partial charge is 0.290 e. The van der Waals surface area contributed by atoms with Gasteiger partial charge in [-0.25, -0.2) is 0 Å². The molecular formula is C18H20N3OS+. The maximum Gasteiger partial charge on any atom is 0.290 e. The number of hydrogen-bond acceptors (Lipinski definition) is 3. The van der Waals surface area contributed by atoms with Gasteiger partial charge in [0.1, 0.15) is 11.1 Å². The summed E-state index contributed by atoms with van der Waals surface area (Å²) >= 11 is 1.56. The van der Waals surface area contributed by atoms with Crippen molar-refractivity contribution in [1.29, 1.82) is 5.26 Å². The fourth-order valence-electron chi connectivity index (χ4n) is 2.98. The van der Waals surface area contributed by atoms with E-state index in [0.717, 1.165) is 36.9 Å². The summed E-state index contributed by atoms with van der Waals surface area (Å²) in [5, 5.41) is 13.0. The molecule has 1 amide bonds. The summed E-state index contributed by atoms with van der Waals surface area (Å²) < 4.78 is 1.96. The van der Waals surface area contributed by atoms with E-state index in [1.165, 1.54) is 10.4 Å². The highest BCUT2D eigenvalue weighted by atomic mass is 32.1. The molecule has 1 N–H and O–H groups in total. The van der Waals surface area contributed by atoms with Gasteiger partial charge in [-0.3, -0.25) is 4.79 Å². The summed E-state index contributed by atoms with van der Waals surface area (Å²) in [6.45, 7) is 4.36. The zero-order chi connectivity index (χ0) is 16.4. The number of hydrogen-bond donors (Lipinski definition) is 1. The maximum absolute atomic E-state index is 12.4. The first-order valence-electron chi connectivity index (χ1n) is 7.95. The third kappa shape index (κ3) is 3.13. The van der Waals surface area contributed by atoms with Crippen LogP contribution in [-0.4, -0.2) is 5.91 Å². The van der Waals surface area contributed by atoms with E-state index in [4.69, 9.17) is 0 Å². The molecule has 1 aliphatic rings. The standard InChI is InChI=1S/C18H19N3OS/c1-3-13-8-7-12(2)21(10-13)11-17(22)20-18-15(9-19)14-5-4-6-16(14)23-18/h7-8,10H,3-6,11H2,1-2H3/p+1. The van der Waals surface area contributed by atoms with Crippen LogP contribution in [0.3, 0.4) is 0 Å². The number of fused-ring (bicyclic) bond motifs is 1. The number of amides is 1. The number of rotatable bonds is 4. The molecule has 4 nitrogen and oxygen atoms in total. The number of aryl methyl sites for hydroxylation is 3. The summed E-state index contributed by atoms with van der Waals surface area (Å²) in [4.78, 5) is 13.7. The van der Waals surface area contributed by atoms with E-state index in [9.17, 15) is 10.1 Å². The Bertz CT molecular complexity index is 801. The van der Waals surface area contributed by atoms with Crippen LogP contribution in [0.4, 0.5) is 5.00 Å². The fraction of sp³-hybridized carbons (Fsp3) is 0.389. The number of aromatic nitrogens is 1. The van der Waals surface area contributed by atoms with Gasteiger partial charge < -0.3 is 5.32 Å². The van der Waals surface area contributed by atoms with Gasteiger partial charge in [0.05, 0.1) is 5.56 Å². The van der Waals surface area contributed by atoms with Gasteiger partial charge in [0, 0.05) is 23.4 Å². The van der Waals surface area contributed by atoms with E-state index in [2.05, 4.69) is 24.4 Å². The molecule has 0 saturated carbocycles. The third-order valence-corrected chi connectivity index (χ3v) is 5.53. The molecule has 0 aromatic carbocycles. The molecule has 2 aromatic heterocycles. The topological polar surface area (TPSA) is 56.8 Å². The summed E-state index contributed by atoms with van der Waals surface area (Å²) in [5.74, 6) is -0.0808. The Balaban J connectivity index is 1.77. The van der Waals surface area contributed by atoms with Crippen LogP contribution in [0.2, 0.25) is 0 Å². The highest BCUT2D eigenvalue weighted by Gasteiger charge is 2.24. The molecule has 0 aliphatic heterocycles. The van der Waals surface area contributed by atoms with Gasteiger partial charge >= 0.3 is 0 Å². The lowest BCUT2D eigenvalue weighted by Crippen LogP contribution is -2.43. The van der Waals surface area contributed by atoms with Crippen molar-refractivity contribution in [3.05, 3.63) is 45.6 Å². The number of carbonyl (C=O) groups is 1. The highest BCUT2D eigenvalue weighted by Crippen LogP contribution is 2.38. The van der Waals surface area contributed by atoms with E-state index in [-0.39, 0.29) is 12.5 Å². The lowest BCUT2D eigenvalue weighted by molar-refractivity contribution is -0.690. The van der Waals surface area contributed by atoms with Gasteiger partial charge in [-0.05, 0) is 37.3 Å². The van der Waals surface area contributed by atoms with Crippen LogP contribution in [0.5, 0.6) is 0 Å². The molecule has 1 aliphatic carbocycles. The first kappa shape index (κ1) is 15.7. The van der Waals surface area contributed by atoms with Gasteiger partial charge in [-0.1, -0.05) is 6.92 Å². The predicted octanol–water partition coefficient (Wildman–Crippen LogP) is 2.91. The van der Waals surface area contributed by atoms with Crippen molar-refractivity contribution in [1.82, 2.24) is 0 Å². The van der Waals surface area contributed by atoms with E-state index in [1.807, 2.05) is 23.8 Å². The quantitative estimate of drug-likeness (QED) is 0.878. The Kier molecular flexibility index (Phi) is 4.44. The lowest BCUT2D eigenvalue weighted by atomic mass is 10.1. The van der Waals surface area contributed by atoms with Gasteiger partial charge in [-0.15, -0.1) is 11.3 Å². The van der Waals surface area contributed by atoms with Crippen molar-refractivity contribution in [2.24, 2.45) is 0 Å². The number of anilines is 1. The van der Waals surface area contributed by atoms with Crippen LogP contribution in [0.1, 0.15) is 40.6 Å². The molecule has 0 radical (unpaired) electrons. The number of carbonyl (C=O) groups excluding carboxylic acids is 1. The van der Waals surface area contributed by atoms with Gasteiger partial charge in [0.25, 0.3) is 5.91 Å². The van der Waals surface area contributed by atoms with Crippen molar-refractivity contribution >= 4 is 22.2 Å². The molecule has 23 heavy (non-hydrogen) atoms. The third-order valence-electron chi connectivity index (χ3n) is 4.32. The minimum atomic E-state index is -0.0808. The number of nitrogens with zero attached hydrogens (tertiary/aromatic N) is 2. The van der Waals surface area contributed by atoms with Crippen LogP contribution >= 0.6 is 11.3 Å². The zero-order valence-corrected chi connectivity index (χ0v) is 14.3.